The van der Waals surface area contributed by atoms with E-state index in [0.717, 1.165) is 42.7 Å². The Bertz CT molecular complexity index is 940. The largest absolute Gasteiger partial charge is 0.458 e. The number of unbranched alkanes of at least 4 members (excludes halogenated alkanes) is 1. The van der Waals surface area contributed by atoms with Gasteiger partial charge in [-0.15, -0.1) is 0 Å². The molecule has 0 spiro atoms. The molecule has 33 heavy (non-hydrogen) atoms. The molecule has 0 aliphatic heterocycles. The minimum Gasteiger partial charge on any atom is -0.458 e. The van der Waals surface area contributed by atoms with Gasteiger partial charge >= 0.3 is 11.9 Å². The number of nitrogens with two attached hydrogens (primary N) is 2. The van der Waals surface area contributed by atoms with E-state index in [-0.39, 0.29) is 18.5 Å². The molecule has 2 aromatic rings. The number of nitrogen functional groups attached to an aromatic ring is 2. The highest BCUT2D eigenvalue weighted by Crippen LogP contribution is 2.32. The number of hydrogen-bond donors (Lipinski definition) is 2. The number of carbonyl (C=O) groups is 2. The van der Waals surface area contributed by atoms with Crippen molar-refractivity contribution in [2.75, 3.05) is 11.5 Å². The summed E-state index contributed by atoms with van der Waals surface area (Å²) in [6, 6.07) is 12.2. The van der Waals surface area contributed by atoms with E-state index < -0.39 is 5.97 Å². The minimum atomic E-state index is -0.471. The van der Waals surface area contributed by atoms with Crippen LogP contribution in [0, 0.1) is 11.8 Å². The van der Waals surface area contributed by atoms with Crippen molar-refractivity contribution in [2.24, 2.45) is 11.8 Å². The molecule has 2 aromatic carbocycles. The van der Waals surface area contributed by atoms with Crippen molar-refractivity contribution in [2.45, 2.75) is 58.5 Å². The number of benzene rings is 2. The van der Waals surface area contributed by atoms with Crippen molar-refractivity contribution < 1.29 is 19.1 Å². The molecule has 0 heterocycles. The molecule has 3 rings (SSSR count). The average molecular weight is 451 g/mol. The van der Waals surface area contributed by atoms with Crippen LogP contribution in [0.1, 0.15) is 63.0 Å². The fourth-order valence-electron chi connectivity index (χ4n) is 4.22. The smallest absolute Gasteiger partial charge is 0.331 e. The second kappa shape index (κ2) is 12.1. The number of anilines is 2. The number of rotatable bonds is 9. The summed E-state index contributed by atoms with van der Waals surface area (Å²) in [7, 11) is 0. The predicted molar refractivity (Wildman–Crippen MR) is 131 cm³/mol. The third-order valence-electron chi connectivity index (χ3n) is 6.07. The Morgan fingerprint density at radius 3 is 2.30 bits per heavy atom. The zero-order valence-corrected chi connectivity index (χ0v) is 19.3. The third-order valence-corrected chi connectivity index (χ3v) is 6.07. The fraction of sp³-hybridized carbons (Fsp3) is 0.407. The lowest BCUT2D eigenvalue weighted by atomic mass is 9.80. The summed E-state index contributed by atoms with van der Waals surface area (Å²) in [5, 5.41) is 0. The molecule has 0 amide bonds. The Morgan fingerprint density at radius 1 is 1.00 bits per heavy atom. The molecule has 0 aromatic heterocycles. The maximum absolute atomic E-state index is 12.5. The summed E-state index contributed by atoms with van der Waals surface area (Å²) in [6.07, 6.45) is 10.8. The zero-order chi connectivity index (χ0) is 23.6. The van der Waals surface area contributed by atoms with Gasteiger partial charge in [-0.25, -0.2) is 4.79 Å². The van der Waals surface area contributed by atoms with Crippen molar-refractivity contribution in [1.82, 2.24) is 0 Å². The lowest BCUT2D eigenvalue weighted by Gasteiger charge is -2.27. The first-order valence-electron chi connectivity index (χ1n) is 11.7. The van der Waals surface area contributed by atoms with Crippen LogP contribution in [-0.2, 0) is 20.9 Å². The second-order valence-electron chi connectivity index (χ2n) is 8.80. The normalized spacial score (nSPS) is 18.2. The van der Waals surface area contributed by atoms with Gasteiger partial charge in [-0.2, -0.15) is 0 Å². The van der Waals surface area contributed by atoms with Gasteiger partial charge in [0.1, 0.15) is 12.4 Å². The van der Waals surface area contributed by atoms with E-state index in [4.69, 9.17) is 20.9 Å². The molecule has 1 saturated carbocycles. The lowest BCUT2D eigenvalue weighted by molar-refractivity contribution is -0.140. The highest BCUT2D eigenvalue weighted by Gasteiger charge is 2.27. The van der Waals surface area contributed by atoms with Gasteiger partial charge in [-0.05, 0) is 79.1 Å². The monoisotopic (exact) mass is 450 g/mol. The van der Waals surface area contributed by atoms with Gasteiger partial charge in [-0.1, -0.05) is 38.3 Å². The Labute approximate surface area is 195 Å². The van der Waals surface area contributed by atoms with Crippen molar-refractivity contribution in [3.63, 3.8) is 0 Å². The molecule has 1 aliphatic rings. The van der Waals surface area contributed by atoms with Crippen LogP contribution in [0.2, 0.25) is 0 Å². The van der Waals surface area contributed by atoms with Gasteiger partial charge in [-0.3, -0.25) is 4.79 Å². The Hall–Kier alpha value is -3.28. The molecular formula is C27H34N2O4. The van der Waals surface area contributed by atoms with Crippen LogP contribution in [0.4, 0.5) is 11.4 Å². The van der Waals surface area contributed by atoms with Crippen molar-refractivity contribution >= 4 is 29.4 Å². The highest BCUT2D eigenvalue weighted by molar-refractivity contribution is 5.87. The van der Waals surface area contributed by atoms with Gasteiger partial charge in [0.05, 0.1) is 5.92 Å². The summed E-state index contributed by atoms with van der Waals surface area (Å²) < 4.78 is 10.8. The Morgan fingerprint density at radius 2 is 1.67 bits per heavy atom. The maximum atomic E-state index is 12.5. The minimum absolute atomic E-state index is 0.00691. The molecular weight excluding hydrogens is 416 g/mol. The number of ether oxygens (including phenoxy) is 2. The standard InChI is InChI=1S/C27H34N2O4/c1-2-3-4-19-5-10-22(11-6-19)27(31)33-25-12-7-20(8-13-25)9-14-26(30)32-18-21-15-23(28)17-24(29)16-21/h7-9,12-17,19,22H,2-6,10-11,18,28-29H2,1H3/b14-9+. The first-order valence-corrected chi connectivity index (χ1v) is 11.7. The first kappa shape index (κ1) is 24.4. The topological polar surface area (TPSA) is 105 Å². The van der Waals surface area contributed by atoms with E-state index in [2.05, 4.69) is 6.92 Å². The highest BCUT2D eigenvalue weighted by atomic mass is 16.5. The van der Waals surface area contributed by atoms with Gasteiger partial charge in [0.25, 0.3) is 0 Å². The summed E-state index contributed by atoms with van der Waals surface area (Å²) >= 11 is 0. The van der Waals surface area contributed by atoms with Crippen LogP contribution in [0.3, 0.4) is 0 Å². The van der Waals surface area contributed by atoms with Crippen LogP contribution >= 0.6 is 0 Å². The van der Waals surface area contributed by atoms with Crippen molar-refractivity contribution in [3.8, 4) is 5.75 Å². The Balaban J connectivity index is 1.43. The van der Waals surface area contributed by atoms with Crippen LogP contribution in [-0.4, -0.2) is 11.9 Å². The van der Waals surface area contributed by atoms with Crippen LogP contribution in [0.15, 0.2) is 48.5 Å². The predicted octanol–water partition coefficient (Wildman–Crippen LogP) is 5.51. The third kappa shape index (κ3) is 7.97. The molecule has 1 fully saturated rings. The van der Waals surface area contributed by atoms with E-state index in [9.17, 15) is 9.59 Å². The molecule has 0 bridgehead atoms. The summed E-state index contributed by atoms with van der Waals surface area (Å²) in [5.74, 6) is 0.661. The summed E-state index contributed by atoms with van der Waals surface area (Å²) in [5.41, 5.74) is 14.1. The Kier molecular flexibility index (Phi) is 8.93. The van der Waals surface area contributed by atoms with Crippen molar-refractivity contribution in [1.29, 1.82) is 0 Å². The fourth-order valence-corrected chi connectivity index (χ4v) is 4.22. The maximum Gasteiger partial charge on any atom is 0.331 e. The molecule has 0 unspecified atom stereocenters. The van der Waals surface area contributed by atoms with E-state index in [0.29, 0.717) is 17.1 Å². The molecule has 6 nitrogen and oxygen atoms in total. The zero-order valence-electron chi connectivity index (χ0n) is 19.3. The lowest BCUT2D eigenvalue weighted by Crippen LogP contribution is -2.25. The van der Waals surface area contributed by atoms with Gasteiger partial charge in [0.2, 0.25) is 0 Å². The molecule has 176 valence electrons. The van der Waals surface area contributed by atoms with Crippen LogP contribution in [0.25, 0.3) is 6.08 Å². The second-order valence-corrected chi connectivity index (χ2v) is 8.80. The average Bonchev–Trinajstić information content (AvgIpc) is 2.80. The van der Waals surface area contributed by atoms with E-state index in [1.807, 2.05) is 0 Å². The van der Waals surface area contributed by atoms with Crippen molar-refractivity contribution in [3.05, 3.63) is 59.7 Å². The molecule has 0 radical (unpaired) electrons. The molecule has 6 heteroatoms. The van der Waals surface area contributed by atoms with Crippen LogP contribution < -0.4 is 16.2 Å². The molecule has 1 aliphatic carbocycles. The van der Waals surface area contributed by atoms with Crippen LogP contribution in [0.5, 0.6) is 5.75 Å². The number of hydrogen-bond acceptors (Lipinski definition) is 6. The SMILES string of the molecule is CCCCC1CCC(C(=O)Oc2ccc(/C=C/C(=O)OCc3cc(N)cc(N)c3)cc2)CC1. The van der Waals surface area contributed by atoms with Gasteiger partial charge in [0.15, 0.2) is 0 Å². The molecule has 0 saturated heterocycles. The van der Waals surface area contributed by atoms with E-state index in [1.54, 1.807) is 48.5 Å². The summed E-state index contributed by atoms with van der Waals surface area (Å²) in [6.45, 7) is 2.31. The first-order chi connectivity index (χ1) is 15.9. The van der Waals surface area contributed by atoms with E-state index in [1.165, 1.54) is 25.3 Å². The van der Waals surface area contributed by atoms with E-state index >= 15 is 0 Å². The van der Waals surface area contributed by atoms with Gasteiger partial charge in [0, 0.05) is 17.5 Å². The molecule has 0 atom stereocenters. The quantitative estimate of drug-likeness (QED) is 0.226. The summed E-state index contributed by atoms with van der Waals surface area (Å²) in [4.78, 5) is 24.5. The number of esters is 2. The number of carbonyl (C=O) groups excluding carboxylic acids is 2. The molecule has 4 N–H and O–H groups in total. The van der Waals surface area contributed by atoms with Gasteiger partial charge < -0.3 is 20.9 Å².